The molecule has 0 aliphatic rings. The summed E-state index contributed by atoms with van der Waals surface area (Å²) >= 11 is 3.20. The summed E-state index contributed by atoms with van der Waals surface area (Å²) in [7, 11) is 0. The highest BCUT2D eigenvalue weighted by molar-refractivity contribution is 9.10. The zero-order chi connectivity index (χ0) is 17.5. The molecule has 126 valence electrons. The lowest BCUT2D eigenvalue weighted by Gasteiger charge is -2.10. The van der Waals surface area contributed by atoms with Gasteiger partial charge in [-0.25, -0.2) is 4.79 Å². The molecule has 2 aromatic rings. The molecule has 0 aromatic heterocycles. The third-order valence-electron chi connectivity index (χ3n) is 2.99. The van der Waals surface area contributed by atoms with Gasteiger partial charge in [0.05, 0.1) is 17.9 Å². The summed E-state index contributed by atoms with van der Waals surface area (Å²) in [5.74, 6) is -0.342. The SMILES string of the molecule is CCOc1ccc(OCC(=O)Nc2ccc(Br)cc2C(=O)O)cc1. The number of ether oxygens (including phenoxy) is 2. The zero-order valence-electron chi connectivity index (χ0n) is 12.9. The van der Waals surface area contributed by atoms with Crippen LogP contribution in [-0.4, -0.2) is 30.2 Å². The molecule has 2 rings (SSSR count). The fraction of sp³-hybridized carbons (Fsp3) is 0.176. The Kier molecular flexibility index (Phi) is 6.20. The number of hydrogen-bond donors (Lipinski definition) is 2. The highest BCUT2D eigenvalue weighted by Crippen LogP contribution is 2.21. The highest BCUT2D eigenvalue weighted by Gasteiger charge is 2.13. The van der Waals surface area contributed by atoms with Gasteiger partial charge in [-0.1, -0.05) is 15.9 Å². The second-order valence-electron chi connectivity index (χ2n) is 4.74. The van der Waals surface area contributed by atoms with Crippen LogP contribution in [-0.2, 0) is 4.79 Å². The average Bonchev–Trinajstić information content (AvgIpc) is 2.56. The molecule has 0 heterocycles. The molecule has 0 aliphatic carbocycles. The van der Waals surface area contributed by atoms with Gasteiger partial charge in [-0.2, -0.15) is 0 Å². The number of carboxylic acid groups (broad SMARTS) is 1. The number of anilines is 1. The van der Waals surface area contributed by atoms with E-state index >= 15 is 0 Å². The van der Waals surface area contributed by atoms with Crippen molar-refractivity contribution < 1.29 is 24.2 Å². The van der Waals surface area contributed by atoms with Gasteiger partial charge in [-0.3, -0.25) is 4.79 Å². The summed E-state index contributed by atoms with van der Waals surface area (Å²) in [4.78, 5) is 23.2. The fourth-order valence-corrected chi connectivity index (χ4v) is 2.30. The molecule has 0 fully saturated rings. The van der Waals surface area contributed by atoms with Crippen molar-refractivity contribution in [1.29, 1.82) is 0 Å². The lowest BCUT2D eigenvalue weighted by Crippen LogP contribution is -2.21. The van der Waals surface area contributed by atoms with E-state index in [-0.39, 0.29) is 17.9 Å². The summed E-state index contributed by atoms with van der Waals surface area (Å²) in [5, 5.41) is 11.7. The van der Waals surface area contributed by atoms with Crippen LogP contribution in [0, 0.1) is 0 Å². The number of aromatic carboxylic acids is 1. The van der Waals surface area contributed by atoms with Crippen molar-refractivity contribution in [2.45, 2.75) is 6.92 Å². The first-order valence-corrected chi connectivity index (χ1v) is 7.97. The van der Waals surface area contributed by atoms with Crippen molar-refractivity contribution in [2.75, 3.05) is 18.5 Å². The number of carbonyl (C=O) groups excluding carboxylic acids is 1. The molecule has 7 heteroatoms. The molecule has 0 saturated carbocycles. The predicted octanol–water partition coefficient (Wildman–Crippen LogP) is 3.56. The van der Waals surface area contributed by atoms with Gasteiger partial charge in [0.2, 0.25) is 0 Å². The smallest absolute Gasteiger partial charge is 0.337 e. The van der Waals surface area contributed by atoms with Crippen LogP contribution in [0.4, 0.5) is 5.69 Å². The minimum Gasteiger partial charge on any atom is -0.494 e. The molecule has 6 nitrogen and oxygen atoms in total. The maximum absolute atomic E-state index is 11.9. The van der Waals surface area contributed by atoms with Gasteiger partial charge in [-0.15, -0.1) is 0 Å². The number of carbonyl (C=O) groups is 2. The van der Waals surface area contributed by atoms with E-state index in [0.29, 0.717) is 16.8 Å². The van der Waals surface area contributed by atoms with Gasteiger partial charge in [0, 0.05) is 4.47 Å². The molecule has 0 aliphatic heterocycles. The number of amides is 1. The number of hydrogen-bond acceptors (Lipinski definition) is 4. The van der Waals surface area contributed by atoms with Crippen LogP contribution < -0.4 is 14.8 Å². The Morgan fingerprint density at radius 2 is 1.71 bits per heavy atom. The quantitative estimate of drug-likeness (QED) is 0.750. The topological polar surface area (TPSA) is 84.9 Å². The van der Waals surface area contributed by atoms with Crippen LogP contribution in [0.1, 0.15) is 17.3 Å². The number of benzene rings is 2. The Labute approximate surface area is 147 Å². The van der Waals surface area contributed by atoms with E-state index in [2.05, 4.69) is 21.2 Å². The van der Waals surface area contributed by atoms with Crippen LogP contribution in [0.3, 0.4) is 0 Å². The number of nitrogens with one attached hydrogen (secondary N) is 1. The van der Waals surface area contributed by atoms with Crippen LogP contribution in [0.2, 0.25) is 0 Å². The molecular formula is C17H16BrNO5. The van der Waals surface area contributed by atoms with E-state index in [4.69, 9.17) is 14.6 Å². The Morgan fingerprint density at radius 1 is 1.08 bits per heavy atom. The Balaban J connectivity index is 1.95. The second-order valence-corrected chi connectivity index (χ2v) is 5.65. The Bertz CT molecular complexity index is 730. The predicted molar refractivity (Wildman–Crippen MR) is 92.8 cm³/mol. The molecule has 2 aromatic carbocycles. The van der Waals surface area contributed by atoms with Gasteiger partial charge in [-0.05, 0) is 49.4 Å². The molecule has 0 radical (unpaired) electrons. The first-order valence-electron chi connectivity index (χ1n) is 7.18. The van der Waals surface area contributed by atoms with Crippen LogP contribution >= 0.6 is 15.9 Å². The number of rotatable bonds is 7. The Hall–Kier alpha value is -2.54. The molecule has 0 spiro atoms. The number of carboxylic acids is 1. The highest BCUT2D eigenvalue weighted by atomic mass is 79.9. The van der Waals surface area contributed by atoms with Gasteiger partial charge < -0.3 is 19.9 Å². The first kappa shape index (κ1) is 17.8. The van der Waals surface area contributed by atoms with E-state index in [9.17, 15) is 9.59 Å². The van der Waals surface area contributed by atoms with Gasteiger partial charge in [0.25, 0.3) is 5.91 Å². The van der Waals surface area contributed by atoms with E-state index in [1.807, 2.05) is 6.92 Å². The maximum Gasteiger partial charge on any atom is 0.337 e. The van der Waals surface area contributed by atoms with Gasteiger partial charge in [0.1, 0.15) is 11.5 Å². The Morgan fingerprint density at radius 3 is 2.29 bits per heavy atom. The summed E-state index contributed by atoms with van der Waals surface area (Å²) in [6.07, 6.45) is 0. The molecule has 1 amide bonds. The second kappa shape index (κ2) is 8.35. The summed E-state index contributed by atoms with van der Waals surface area (Å²) in [5.41, 5.74) is 0.213. The van der Waals surface area contributed by atoms with Crippen molar-refractivity contribution in [3.8, 4) is 11.5 Å². The fourth-order valence-electron chi connectivity index (χ4n) is 1.94. The van der Waals surface area contributed by atoms with E-state index in [1.165, 1.54) is 12.1 Å². The van der Waals surface area contributed by atoms with E-state index in [1.54, 1.807) is 30.3 Å². The molecule has 2 N–H and O–H groups in total. The van der Waals surface area contributed by atoms with E-state index < -0.39 is 11.9 Å². The molecule has 24 heavy (non-hydrogen) atoms. The van der Waals surface area contributed by atoms with Crippen molar-refractivity contribution >= 4 is 33.5 Å². The molecule has 0 atom stereocenters. The average molecular weight is 394 g/mol. The summed E-state index contributed by atoms with van der Waals surface area (Å²) in [6.45, 7) is 2.23. The van der Waals surface area contributed by atoms with Crippen LogP contribution in [0.15, 0.2) is 46.9 Å². The van der Waals surface area contributed by atoms with Crippen molar-refractivity contribution in [2.24, 2.45) is 0 Å². The third kappa shape index (κ3) is 4.99. The summed E-state index contributed by atoms with van der Waals surface area (Å²) < 4.78 is 11.3. The van der Waals surface area contributed by atoms with Gasteiger partial charge in [0.15, 0.2) is 6.61 Å². The molecule has 0 saturated heterocycles. The zero-order valence-corrected chi connectivity index (χ0v) is 14.5. The normalized spacial score (nSPS) is 10.1. The number of halogens is 1. The standard InChI is InChI=1S/C17H16BrNO5/c1-2-23-12-4-6-13(7-5-12)24-10-16(20)19-15-8-3-11(18)9-14(15)17(21)22/h3-9H,2,10H2,1H3,(H,19,20)(H,21,22). The minimum absolute atomic E-state index is 0.00112. The minimum atomic E-state index is -1.13. The van der Waals surface area contributed by atoms with Crippen LogP contribution in [0.5, 0.6) is 11.5 Å². The lowest BCUT2D eigenvalue weighted by molar-refractivity contribution is -0.118. The monoisotopic (exact) mass is 393 g/mol. The molecular weight excluding hydrogens is 378 g/mol. The largest absolute Gasteiger partial charge is 0.494 e. The van der Waals surface area contributed by atoms with E-state index in [0.717, 1.165) is 5.75 Å². The van der Waals surface area contributed by atoms with Crippen molar-refractivity contribution in [1.82, 2.24) is 0 Å². The lowest BCUT2D eigenvalue weighted by atomic mass is 10.2. The third-order valence-corrected chi connectivity index (χ3v) is 3.48. The molecule has 0 bridgehead atoms. The van der Waals surface area contributed by atoms with Crippen molar-refractivity contribution in [3.05, 3.63) is 52.5 Å². The molecule has 0 unspecified atom stereocenters. The first-order chi connectivity index (χ1) is 11.5. The van der Waals surface area contributed by atoms with Crippen LogP contribution in [0.25, 0.3) is 0 Å². The van der Waals surface area contributed by atoms with Crippen molar-refractivity contribution in [3.63, 3.8) is 0 Å². The maximum atomic E-state index is 11.9. The van der Waals surface area contributed by atoms with Gasteiger partial charge >= 0.3 is 5.97 Å². The summed E-state index contributed by atoms with van der Waals surface area (Å²) in [6, 6.07) is 11.5.